The maximum Gasteiger partial charge on any atom is 0.339 e. The van der Waals surface area contributed by atoms with Gasteiger partial charge < -0.3 is 14.4 Å². The number of aryl methyl sites for hydroxylation is 1. The Morgan fingerprint density at radius 3 is 2.68 bits per heavy atom. The number of carbonyl (C=O) groups is 2. The van der Waals surface area contributed by atoms with E-state index in [9.17, 15) is 14.7 Å². The van der Waals surface area contributed by atoms with Gasteiger partial charge in [0.15, 0.2) is 5.76 Å². The quantitative estimate of drug-likeness (QED) is 0.902. The number of carboxylic acids is 1. The molecular weight excluding hydrogens is 282 g/mol. The topological polar surface area (TPSA) is 70.8 Å². The van der Waals surface area contributed by atoms with Gasteiger partial charge >= 0.3 is 5.97 Å². The first-order valence-electron chi connectivity index (χ1n) is 8.11. The molecule has 0 saturated carbocycles. The highest BCUT2D eigenvalue weighted by atomic mass is 16.4. The van der Waals surface area contributed by atoms with Crippen molar-refractivity contribution in [3.63, 3.8) is 0 Å². The van der Waals surface area contributed by atoms with E-state index in [2.05, 4.69) is 13.8 Å². The number of rotatable bonds is 5. The first-order valence-corrected chi connectivity index (χ1v) is 8.11. The summed E-state index contributed by atoms with van der Waals surface area (Å²) < 4.78 is 5.52. The normalized spacial score (nSPS) is 18.7. The lowest BCUT2D eigenvalue weighted by Crippen LogP contribution is -2.44. The van der Waals surface area contributed by atoms with Crippen LogP contribution in [-0.2, 0) is 6.42 Å². The number of carbonyl (C=O) groups excluding carboxylic acids is 1. The summed E-state index contributed by atoms with van der Waals surface area (Å²) >= 11 is 0. The predicted octanol–water partition coefficient (Wildman–Crippen LogP) is 3.58. The zero-order valence-electron chi connectivity index (χ0n) is 13.6. The lowest BCUT2D eigenvalue weighted by molar-refractivity contribution is 0.0549. The molecule has 1 unspecified atom stereocenters. The summed E-state index contributed by atoms with van der Waals surface area (Å²) in [5.74, 6) is -0.168. The highest BCUT2D eigenvalue weighted by molar-refractivity contribution is 5.96. The third-order valence-electron chi connectivity index (χ3n) is 4.20. The van der Waals surface area contributed by atoms with Crippen molar-refractivity contribution in [2.75, 3.05) is 6.54 Å². The zero-order chi connectivity index (χ0) is 16.3. The standard InChI is InChI=1S/C17H25NO4/c1-4-14-13(17(20)21)10-15(22-14)16(19)18-8-6-5-7-12(18)9-11(2)3/h10-12H,4-9H2,1-3H3,(H,20,21). The van der Waals surface area contributed by atoms with Gasteiger partial charge in [-0.3, -0.25) is 4.79 Å². The van der Waals surface area contributed by atoms with Crippen LogP contribution in [0.5, 0.6) is 0 Å². The van der Waals surface area contributed by atoms with E-state index in [1.807, 2.05) is 11.8 Å². The maximum absolute atomic E-state index is 12.7. The van der Waals surface area contributed by atoms with Crippen LogP contribution in [0.4, 0.5) is 0 Å². The molecule has 0 aromatic carbocycles. The molecule has 1 aromatic rings. The molecule has 22 heavy (non-hydrogen) atoms. The molecule has 1 saturated heterocycles. The molecule has 0 aliphatic carbocycles. The molecular formula is C17H25NO4. The molecule has 1 fully saturated rings. The first kappa shape index (κ1) is 16.6. The highest BCUT2D eigenvalue weighted by Gasteiger charge is 2.31. The van der Waals surface area contributed by atoms with Gasteiger partial charge in [-0.05, 0) is 31.6 Å². The van der Waals surface area contributed by atoms with Crippen LogP contribution in [0.1, 0.15) is 73.1 Å². The molecule has 2 heterocycles. The summed E-state index contributed by atoms with van der Waals surface area (Å²) in [6, 6.07) is 1.61. The SMILES string of the molecule is CCc1oc(C(=O)N2CCCCC2CC(C)C)cc1C(=O)O. The fourth-order valence-corrected chi connectivity index (χ4v) is 3.18. The molecule has 1 aromatic heterocycles. The molecule has 0 spiro atoms. The Bertz CT molecular complexity index is 547. The molecule has 2 rings (SSSR count). The monoisotopic (exact) mass is 307 g/mol. The Labute approximate surface area is 131 Å². The van der Waals surface area contributed by atoms with Crippen molar-refractivity contribution < 1.29 is 19.1 Å². The van der Waals surface area contributed by atoms with Gasteiger partial charge in [0.2, 0.25) is 0 Å². The average molecular weight is 307 g/mol. The fourth-order valence-electron chi connectivity index (χ4n) is 3.18. The number of hydrogen-bond donors (Lipinski definition) is 1. The number of carboxylic acid groups (broad SMARTS) is 1. The van der Waals surface area contributed by atoms with Gasteiger partial charge in [-0.2, -0.15) is 0 Å². The van der Waals surface area contributed by atoms with E-state index in [1.165, 1.54) is 6.07 Å². The molecule has 0 bridgehead atoms. The highest BCUT2D eigenvalue weighted by Crippen LogP contribution is 2.26. The molecule has 5 nitrogen and oxygen atoms in total. The van der Waals surface area contributed by atoms with Crippen LogP contribution in [-0.4, -0.2) is 34.5 Å². The van der Waals surface area contributed by atoms with Gasteiger partial charge in [-0.25, -0.2) is 4.79 Å². The van der Waals surface area contributed by atoms with Crippen LogP contribution in [0.2, 0.25) is 0 Å². The molecule has 1 amide bonds. The largest absolute Gasteiger partial charge is 0.478 e. The molecule has 5 heteroatoms. The molecule has 122 valence electrons. The van der Waals surface area contributed by atoms with Gasteiger partial charge in [0.1, 0.15) is 11.3 Å². The third-order valence-corrected chi connectivity index (χ3v) is 4.20. The second-order valence-electron chi connectivity index (χ2n) is 6.38. The van der Waals surface area contributed by atoms with Crippen molar-refractivity contribution in [3.05, 3.63) is 23.2 Å². The number of amides is 1. The van der Waals surface area contributed by atoms with Gasteiger partial charge in [0.05, 0.1) is 0 Å². The summed E-state index contributed by atoms with van der Waals surface area (Å²) in [5, 5.41) is 9.19. The van der Waals surface area contributed by atoms with E-state index in [0.29, 0.717) is 18.1 Å². The van der Waals surface area contributed by atoms with Crippen molar-refractivity contribution in [3.8, 4) is 0 Å². The van der Waals surface area contributed by atoms with Crippen LogP contribution in [0.15, 0.2) is 10.5 Å². The minimum absolute atomic E-state index is 0.100. The summed E-state index contributed by atoms with van der Waals surface area (Å²) in [6.07, 6.45) is 4.58. The second kappa shape index (κ2) is 6.99. The number of furan rings is 1. The summed E-state index contributed by atoms with van der Waals surface area (Å²) in [5.41, 5.74) is 0.100. The van der Waals surface area contributed by atoms with Crippen molar-refractivity contribution in [2.45, 2.75) is 58.9 Å². The minimum Gasteiger partial charge on any atom is -0.478 e. The Morgan fingerprint density at radius 2 is 2.14 bits per heavy atom. The number of likely N-dealkylation sites (tertiary alicyclic amines) is 1. The predicted molar refractivity (Wildman–Crippen MR) is 83.2 cm³/mol. The zero-order valence-corrected chi connectivity index (χ0v) is 13.6. The van der Waals surface area contributed by atoms with Crippen LogP contribution < -0.4 is 0 Å². The Morgan fingerprint density at radius 1 is 1.41 bits per heavy atom. The van der Waals surface area contributed by atoms with E-state index in [-0.39, 0.29) is 23.3 Å². The van der Waals surface area contributed by atoms with Crippen molar-refractivity contribution >= 4 is 11.9 Å². The number of aromatic carboxylic acids is 1. The van der Waals surface area contributed by atoms with Crippen LogP contribution in [0, 0.1) is 5.92 Å². The van der Waals surface area contributed by atoms with E-state index in [0.717, 1.165) is 32.2 Å². The number of piperidine rings is 1. The van der Waals surface area contributed by atoms with Crippen molar-refractivity contribution in [1.29, 1.82) is 0 Å². The number of hydrogen-bond acceptors (Lipinski definition) is 3. The molecule has 1 atom stereocenters. The maximum atomic E-state index is 12.7. The average Bonchev–Trinajstić information content (AvgIpc) is 2.91. The Balaban J connectivity index is 2.23. The van der Waals surface area contributed by atoms with Gasteiger partial charge in [-0.1, -0.05) is 20.8 Å². The lowest BCUT2D eigenvalue weighted by Gasteiger charge is -2.36. The minimum atomic E-state index is -1.04. The summed E-state index contributed by atoms with van der Waals surface area (Å²) in [6.45, 7) is 6.85. The first-order chi connectivity index (χ1) is 10.4. The Hall–Kier alpha value is -1.78. The third kappa shape index (κ3) is 3.51. The van der Waals surface area contributed by atoms with Gasteiger partial charge in [0.25, 0.3) is 5.91 Å². The van der Waals surface area contributed by atoms with Crippen molar-refractivity contribution in [2.24, 2.45) is 5.92 Å². The number of nitrogens with zero attached hydrogens (tertiary/aromatic N) is 1. The smallest absolute Gasteiger partial charge is 0.339 e. The van der Waals surface area contributed by atoms with Crippen LogP contribution in [0.25, 0.3) is 0 Å². The lowest BCUT2D eigenvalue weighted by atomic mass is 9.94. The fraction of sp³-hybridized carbons (Fsp3) is 0.647. The van der Waals surface area contributed by atoms with Crippen LogP contribution >= 0.6 is 0 Å². The summed E-state index contributed by atoms with van der Waals surface area (Å²) in [7, 11) is 0. The molecule has 1 N–H and O–H groups in total. The van der Waals surface area contributed by atoms with E-state index >= 15 is 0 Å². The Kier molecular flexibility index (Phi) is 5.27. The van der Waals surface area contributed by atoms with E-state index in [1.54, 1.807) is 0 Å². The van der Waals surface area contributed by atoms with Gasteiger partial charge in [-0.15, -0.1) is 0 Å². The summed E-state index contributed by atoms with van der Waals surface area (Å²) in [4.78, 5) is 25.8. The second-order valence-corrected chi connectivity index (χ2v) is 6.38. The van der Waals surface area contributed by atoms with E-state index < -0.39 is 5.97 Å². The molecule has 1 aliphatic rings. The van der Waals surface area contributed by atoms with E-state index in [4.69, 9.17) is 4.42 Å². The van der Waals surface area contributed by atoms with Gasteiger partial charge in [0, 0.05) is 25.1 Å². The van der Waals surface area contributed by atoms with Crippen LogP contribution in [0.3, 0.4) is 0 Å². The molecule has 1 aliphatic heterocycles. The molecule has 0 radical (unpaired) electrons. The van der Waals surface area contributed by atoms with Crippen molar-refractivity contribution in [1.82, 2.24) is 4.90 Å².